The lowest BCUT2D eigenvalue weighted by Gasteiger charge is -2.38. The summed E-state index contributed by atoms with van der Waals surface area (Å²) in [5, 5.41) is 9.40. The van der Waals surface area contributed by atoms with Crippen LogP contribution < -0.4 is 0 Å². The Kier molecular flexibility index (Phi) is 4.62. The monoisotopic (exact) mass is 406 g/mol. The summed E-state index contributed by atoms with van der Waals surface area (Å²) < 4.78 is 0. The normalized spacial score (nSPS) is 34.1. The van der Waals surface area contributed by atoms with Crippen molar-refractivity contribution in [2.24, 2.45) is 11.8 Å². The van der Waals surface area contributed by atoms with E-state index in [4.69, 9.17) is 0 Å². The molecule has 0 radical (unpaired) electrons. The van der Waals surface area contributed by atoms with Crippen LogP contribution in [0.25, 0.3) is 0 Å². The molecule has 3 aliphatic heterocycles. The van der Waals surface area contributed by atoms with Crippen LogP contribution in [0.5, 0.6) is 0 Å². The molecule has 6 heteroatoms. The summed E-state index contributed by atoms with van der Waals surface area (Å²) in [6.07, 6.45) is 2.74. The van der Waals surface area contributed by atoms with Crippen molar-refractivity contribution in [2.75, 3.05) is 13.1 Å². The molecule has 3 saturated heterocycles. The van der Waals surface area contributed by atoms with E-state index in [9.17, 15) is 14.9 Å². The molecule has 1 aliphatic carbocycles. The van der Waals surface area contributed by atoms with Gasteiger partial charge in [-0.1, -0.05) is 36.8 Å². The molecular weight excluding hydrogens is 376 g/mol. The van der Waals surface area contributed by atoms with Crippen LogP contribution in [0, 0.1) is 30.1 Å². The van der Waals surface area contributed by atoms with Crippen molar-refractivity contribution < 1.29 is 9.59 Å². The number of nitrogens with zero attached hydrogens (tertiary/aromatic N) is 4. The van der Waals surface area contributed by atoms with Gasteiger partial charge in [-0.05, 0) is 44.6 Å². The van der Waals surface area contributed by atoms with E-state index >= 15 is 0 Å². The minimum atomic E-state index is -0.258. The van der Waals surface area contributed by atoms with Crippen LogP contribution in [0.15, 0.2) is 24.3 Å². The second kappa shape index (κ2) is 7.09. The van der Waals surface area contributed by atoms with Crippen LogP contribution in [-0.4, -0.2) is 63.8 Å². The number of nitriles is 1. The number of likely N-dealkylation sites (tertiary alicyclic amines) is 3. The number of aryl methyl sites for hydroxylation is 1. The lowest BCUT2D eigenvalue weighted by atomic mass is 10.0. The lowest BCUT2D eigenvalue weighted by molar-refractivity contribution is -0.142. The molecule has 0 spiro atoms. The number of carbonyl (C=O) groups is 2. The van der Waals surface area contributed by atoms with Crippen molar-refractivity contribution in [1.29, 1.82) is 5.26 Å². The van der Waals surface area contributed by atoms with Crippen LogP contribution in [0.4, 0.5) is 0 Å². The number of amides is 2. The van der Waals surface area contributed by atoms with Crippen LogP contribution in [0.2, 0.25) is 0 Å². The Morgan fingerprint density at radius 2 is 1.93 bits per heavy atom. The summed E-state index contributed by atoms with van der Waals surface area (Å²) in [5.41, 5.74) is 2.39. The zero-order valence-corrected chi connectivity index (χ0v) is 18.0. The van der Waals surface area contributed by atoms with E-state index in [1.165, 1.54) is 11.1 Å². The van der Waals surface area contributed by atoms with Gasteiger partial charge in [-0.15, -0.1) is 0 Å². The number of carbonyl (C=O) groups excluding carboxylic acids is 2. The summed E-state index contributed by atoms with van der Waals surface area (Å²) in [4.78, 5) is 32.3. The molecule has 5 rings (SSSR count). The number of piperazine rings is 1. The first kappa shape index (κ1) is 19.6. The van der Waals surface area contributed by atoms with Gasteiger partial charge in [0.05, 0.1) is 18.2 Å². The van der Waals surface area contributed by atoms with Crippen molar-refractivity contribution in [3.05, 3.63) is 35.4 Å². The number of rotatable bonds is 5. The van der Waals surface area contributed by atoms with E-state index in [2.05, 4.69) is 54.0 Å². The molecule has 0 aromatic heterocycles. The fourth-order valence-electron chi connectivity index (χ4n) is 5.98. The number of piperidine rings is 1. The topological polar surface area (TPSA) is 67.7 Å². The first-order chi connectivity index (χ1) is 14.4. The minimum Gasteiger partial charge on any atom is -0.330 e. The molecule has 1 aromatic rings. The zero-order chi connectivity index (χ0) is 21.2. The number of fused-ring (bicyclic) bond motifs is 3. The molecule has 30 heavy (non-hydrogen) atoms. The first-order valence-electron chi connectivity index (χ1n) is 11.2. The number of hydrogen-bond donors (Lipinski definition) is 0. The largest absolute Gasteiger partial charge is 0.330 e. The third-order valence-electron chi connectivity index (χ3n) is 7.73. The first-order valence-corrected chi connectivity index (χ1v) is 11.2. The summed E-state index contributed by atoms with van der Waals surface area (Å²) >= 11 is 0. The summed E-state index contributed by atoms with van der Waals surface area (Å²) in [7, 11) is 0. The molecular formula is C24H30N4O2. The molecule has 0 N–H and O–H groups in total. The Hall–Kier alpha value is -2.39. The molecule has 1 unspecified atom stereocenters. The molecule has 4 aliphatic rings. The molecule has 158 valence electrons. The predicted molar refractivity (Wildman–Crippen MR) is 112 cm³/mol. The summed E-state index contributed by atoms with van der Waals surface area (Å²) in [6.45, 7) is 7.57. The SMILES string of the molecule is Cc1ccc([C@H](C)N2C(=O)[C@H]3C[C@@H]2CN3C[C@H](C)C(=O)N2C3C[C@H]3C[C@H]2C#N)cc1. The summed E-state index contributed by atoms with van der Waals surface area (Å²) in [6, 6.07) is 10.9. The van der Waals surface area contributed by atoms with Crippen molar-refractivity contribution >= 4 is 11.8 Å². The fourth-order valence-corrected chi connectivity index (χ4v) is 5.98. The predicted octanol–water partition coefficient (Wildman–Crippen LogP) is 2.49. The Balaban J connectivity index is 1.23. The zero-order valence-electron chi connectivity index (χ0n) is 18.0. The van der Waals surface area contributed by atoms with E-state index in [-0.39, 0.29) is 47.9 Å². The number of benzene rings is 1. The van der Waals surface area contributed by atoms with Crippen molar-refractivity contribution in [3.8, 4) is 6.07 Å². The van der Waals surface area contributed by atoms with E-state index in [0.717, 1.165) is 25.8 Å². The number of hydrogen-bond acceptors (Lipinski definition) is 4. The molecule has 1 aromatic carbocycles. The summed E-state index contributed by atoms with van der Waals surface area (Å²) in [5.74, 6) is 0.631. The highest BCUT2D eigenvalue weighted by Crippen LogP contribution is 2.48. The third-order valence-corrected chi connectivity index (χ3v) is 7.73. The molecule has 2 bridgehead atoms. The van der Waals surface area contributed by atoms with E-state index in [1.54, 1.807) is 0 Å². The highest BCUT2D eigenvalue weighted by Gasteiger charge is 2.55. The van der Waals surface area contributed by atoms with E-state index in [0.29, 0.717) is 12.5 Å². The van der Waals surface area contributed by atoms with Gasteiger partial charge in [-0.3, -0.25) is 14.5 Å². The van der Waals surface area contributed by atoms with Crippen LogP contribution in [0.3, 0.4) is 0 Å². The van der Waals surface area contributed by atoms with Gasteiger partial charge in [0.25, 0.3) is 0 Å². The standard InChI is InChI=1S/C24H30N4O2/c1-14-4-6-17(7-5-14)16(3)27-20-10-22(24(27)30)26(13-20)12-15(2)23(29)28-19(11-25)8-18-9-21(18)28/h4-7,15-16,18-22H,8-10,12-13H2,1-3H3/t15-,16-,18+,19-,20+,21?,22+/m0/s1. The van der Waals surface area contributed by atoms with Crippen LogP contribution in [0.1, 0.15) is 50.3 Å². The highest BCUT2D eigenvalue weighted by atomic mass is 16.2. The van der Waals surface area contributed by atoms with Crippen LogP contribution >= 0.6 is 0 Å². The highest BCUT2D eigenvalue weighted by molar-refractivity contribution is 5.86. The average molecular weight is 407 g/mol. The van der Waals surface area contributed by atoms with Gasteiger partial charge in [0.1, 0.15) is 6.04 Å². The molecule has 1 saturated carbocycles. The van der Waals surface area contributed by atoms with Gasteiger partial charge in [0, 0.05) is 31.1 Å². The minimum absolute atomic E-state index is 0.0714. The molecule has 7 atom stereocenters. The second-order valence-corrected chi connectivity index (χ2v) is 9.78. The van der Waals surface area contributed by atoms with Crippen molar-refractivity contribution in [1.82, 2.24) is 14.7 Å². The van der Waals surface area contributed by atoms with Crippen molar-refractivity contribution in [2.45, 2.75) is 70.2 Å². The Morgan fingerprint density at radius 1 is 1.20 bits per heavy atom. The maximum absolute atomic E-state index is 13.2. The Morgan fingerprint density at radius 3 is 2.60 bits per heavy atom. The van der Waals surface area contributed by atoms with E-state index in [1.807, 2.05) is 11.8 Å². The second-order valence-electron chi connectivity index (χ2n) is 9.78. The third kappa shape index (κ3) is 3.02. The quantitative estimate of drug-likeness (QED) is 0.754. The maximum Gasteiger partial charge on any atom is 0.240 e. The van der Waals surface area contributed by atoms with Gasteiger partial charge >= 0.3 is 0 Å². The Labute approximate surface area is 178 Å². The smallest absolute Gasteiger partial charge is 0.240 e. The van der Waals surface area contributed by atoms with E-state index < -0.39 is 0 Å². The maximum atomic E-state index is 13.2. The van der Waals surface area contributed by atoms with Gasteiger partial charge in [0.15, 0.2) is 0 Å². The molecule has 4 fully saturated rings. The molecule has 6 nitrogen and oxygen atoms in total. The van der Waals surface area contributed by atoms with Gasteiger partial charge in [-0.25, -0.2) is 0 Å². The van der Waals surface area contributed by atoms with Crippen LogP contribution in [-0.2, 0) is 9.59 Å². The van der Waals surface area contributed by atoms with Gasteiger partial charge < -0.3 is 9.80 Å². The van der Waals surface area contributed by atoms with Gasteiger partial charge in [0.2, 0.25) is 11.8 Å². The Bertz CT molecular complexity index is 907. The average Bonchev–Trinajstić information content (AvgIpc) is 3.07. The fraction of sp³-hybridized carbons (Fsp3) is 0.625. The molecule has 2 amide bonds. The van der Waals surface area contributed by atoms with Gasteiger partial charge in [-0.2, -0.15) is 5.26 Å². The lowest BCUT2D eigenvalue weighted by Crippen LogP contribution is -2.53. The van der Waals surface area contributed by atoms with Crippen molar-refractivity contribution in [3.63, 3.8) is 0 Å². The molecule has 3 heterocycles.